The fourth-order valence-corrected chi connectivity index (χ4v) is 1.67. The number of nitro groups is 1. The molecule has 0 saturated carbocycles. The Morgan fingerprint density at radius 1 is 1.19 bits per heavy atom. The third kappa shape index (κ3) is 3.11. The molecule has 2 aromatic carbocycles. The Hall–Kier alpha value is -3.03. The van der Waals surface area contributed by atoms with Gasteiger partial charge >= 0.3 is 5.69 Å². The van der Waals surface area contributed by atoms with Crippen LogP contribution in [0.2, 0.25) is 0 Å². The highest BCUT2D eigenvalue weighted by atomic mass is 19.1. The maximum absolute atomic E-state index is 13.4. The van der Waals surface area contributed by atoms with Crippen molar-refractivity contribution in [2.45, 2.75) is 0 Å². The highest BCUT2D eigenvalue weighted by Gasteiger charge is 2.16. The summed E-state index contributed by atoms with van der Waals surface area (Å²) in [4.78, 5) is 21.5. The Bertz CT molecular complexity index is 735. The molecule has 21 heavy (non-hydrogen) atoms. The second-order valence-corrected chi connectivity index (χ2v) is 4.11. The number of nitrogens with two attached hydrogens (primary N) is 1. The molecule has 0 saturated heterocycles. The van der Waals surface area contributed by atoms with Crippen LogP contribution in [0.1, 0.15) is 10.4 Å². The zero-order chi connectivity index (χ0) is 15.6. The van der Waals surface area contributed by atoms with E-state index >= 15 is 0 Å². The second-order valence-electron chi connectivity index (χ2n) is 4.11. The number of rotatable bonds is 3. The summed E-state index contributed by atoms with van der Waals surface area (Å²) in [6.45, 7) is 0. The summed E-state index contributed by atoms with van der Waals surface area (Å²) in [5.41, 5.74) is 4.76. The standard InChI is InChI=1S/C13H9F2N3O3/c14-7-1-3-9(11(16)5-7)13(19)17-8-2-4-12(18(20)21)10(15)6-8/h1-6H,16H2,(H,17,19). The third-order valence-corrected chi connectivity index (χ3v) is 2.66. The predicted molar refractivity (Wildman–Crippen MR) is 71.8 cm³/mol. The van der Waals surface area contributed by atoms with Gasteiger partial charge in [0, 0.05) is 23.5 Å². The molecule has 2 rings (SSSR count). The van der Waals surface area contributed by atoms with Crippen molar-refractivity contribution in [1.82, 2.24) is 0 Å². The number of nitrogens with zero attached hydrogens (tertiary/aromatic N) is 1. The molecule has 8 heteroatoms. The zero-order valence-electron chi connectivity index (χ0n) is 10.5. The summed E-state index contributed by atoms with van der Waals surface area (Å²) in [6.07, 6.45) is 0. The van der Waals surface area contributed by atoms with Crippen molar-refractivity contribution in [1.29, 1.82) is 0 Å². The highest BCUT2D eigenvalue weighted by Crippen LogP contribution is 2.22. The van der Waals surface area contributed by atoms with Crippen molar-refractivity contribution < 1.29 is 18.5 Å². The van der Waals surface area contributed by atoms with Gasteiger partial charge in [0.05, 0.1) is 10.5 Å². The van der Waals surface area contributed by atoms with E-state index in [2.05, 4.69) is 5.32 Å². The van der Waals surface area contributed by atoms with Crippen molar-refractivity contribution in [3.63, 3.8) is 0 Å². The molecule has 0 heterocycles. The average Bonchev–Trinajstić information content (AvgIpc) is 2.37. The molecule has 0 aliphatic heterocycles. The quantitative estimate of drug-likeness (QED) is 0.516. The van der Waals surface area contributed by atoms with Gasteiger partial charge in [-0.05, 0) is 24.3 Å². The number of hydrogen-bond donors (Lipinski definition) is 2. The van der Waals surface area contributed by atoms with Crippen LogP contribution in [0, 0.1) is 21.7 Å². The number of halogens is 2. The van der Waals surface area contributed by atoms with E-state index in [1.165, 1.54) is 12.1 Å². The molecule has 108 valence electrons. The van der Waals surface area contributed by atoms with Gasteiger partial charge in [-0.15, -0.1) is 0 Å². The number of carbonyl (C=O) groups excluding carboxylic acids is 1. The summed E-state index contributed by atoms with van der Waals surface area (Å²) < 4.78 is 26.3. The molecule has 0 aliphatic carbocycles. The van der Waals surface area contributed by atoms with Crippen molar-refractivity contribution in [2.75, 3.05) is 11.1 Å². The Kier molecular flexibility index (Phi) is 3.79. The largest absolute Gasteiger partial charge is 0.398 e. The monoisotopic (exact) mass is 293 g/mol. The number of hydrogen-bond acceptors (Lipinski definition) is 4. The second kappa shape index (κ2) is 5.53. The Morgan fingerprint density at radius 2 is 1.90 bits per heavy atom. The first-order chi connectivity index (χ1) is 9.88. The molecular formula is C13H9F2N3O3. The van der Waals surface area contributed by atoms with E-state index in [-0.39, 0.29) is 16.9 Å². The molecule has 0 spiro atoms. The number of nitrogens with one attached hydrogen (secondary N) is 1. The SMILES string of the molecule is Nc1cc(F)ccc1C(=O)Nc1ccc([N+](=O)[O-])c(F)c1. The topological polar surface area (TPSA) is 98.3 Å². The Labute approximate surface area is 117 Å². The molecule has 0 aliphatic rings. The van der Waals surface area contributed by atoms with Gasteiger partial charge < -0.3 is 11.1 Å². The van der Waals surface area contributed by atoms with Crippen LogP contribution in [-0.2, 0) is 0 Å². The first-order valence-electron chi connectivity index (χ1n) is 5.69. The lowest BCUT2D eigenvalue weighted by atomic mass is 10.1. The summed E-state index contributed by atoms with van der Waals surface area (Å²) in [6, 6.07) is 6.14. The van der Waals surface area contributed by atoms with E-state index in [4.69, 9.17) is 5.73 Å². The van der Waals surface area contributed by atoms with Crippen molar-refractivity contribution in [3.05, 3.63) is 63.7 Å². The Morgan fingerprint density at radius 3 is 2.48 bits per heavy atom. The van der Waals surface area contributed by atoms with E-state index < -0.39 is 28.2 Å². The van der Waals surface area contributed by atoms with Crippen LogP contribution in [0.3, 0.4) is 0 Å². The van der Waals surface area contributed by atoms with Gasteiger partial charge in [-0.2, -0.15) is 4.39 Å². The normalized spacial score (nSPS) is 10.2. The van der Waals surface area contributed by atoms with Crippen LogP contribution < -0.4 is 11.1 Å². The van der Waals surface area contributed by atoms with E-state index in [0.717, 1.165) is 24.3 Å². The van der Waals surface area contributed by atoms with Gasteiger partial charge in [-0.1, -0.05) is 0 Å². The van der Waals surface area contributed by atoms with Crippen LogP contribution in [0.5, 0.6) is 0 Å². The van der Waals surface area contributed by atoms with Gasteiger partial charge in [-0.3, -0.25) is 14.9 Å². The van der Waals surface area contributed by atoms with Gasteiger partial charge in [0.2, 0.25) is 5.82 Å². The van der Waals surface area contributed by atoms with E-state index in [1.54, 1.807) is 0 Å². The minimum atomic E-state index is -1.08. The molecule has 0 fully saturated rings. The van der Waals surface area contributed by atoms with Crippen molar-refractivity contribution >= 4 is 23.0 Å². The summed E-state index contributed by atoms with van der Waals surface area (Å²) in [5.74, 6) is -2.35. The van der Waals surface area contributed by atoms with Crippen LogP contribution in [0.4, 0.5) is 25.8 Å². The third-order valence-electron chi connectivity index (χ3n) is 2.66. The van der Waals surface area contributed by atoms with Crippen molar-refractivity contribution in [3.8, 4) is 0 Å². The smallest absolute Gasteiger partial charge is 0.304 e. The summed E-state index contributed by atoms with van der Waals surface area (Å²) in [7, 11) is 0. The number of benzene rings is 2. The van der Waals surface area contributed by atoms with E-state index in [9.17, 15) is 23.7 Å². The zero-order valence-corrected chi connectivity index (χ0v) is 10.5. The molecule has 0 unspecified atom stereocenters. The van der Waals surface area contributed by atoms with Gasteiger partial charge in [0.15, 0.2) is 0 Å². The van der Waals surface area contributed by atoms with Gasteiger partial charge in [0.25, 0.3) is 5.91 Å². The maximum atomic E-state index is 13.4. The molecule has 2 aromatic rings. The number of carbonyl (C=O) groups is 1. The highest BCUT2D eigenvalue weighted by molar-refractivity contribution is 6.07. The lowest BCUT2D eigenvalue weighted by Gasteiger charge is -2.07. The van der Waals surface area contributed by atoms with Crippen LogP contribution in [-0.4, -0.2) is 10.8 Å². The number of nitrogen functional groups attached to an aromatic ring is 1. The van der Waals surface area contributed by atoms with E-state index in [1.807, 2.05) is 0 Å². The summed E-state index contributed by atoms with van der Waals surface area (Å²) >= 11 is 0. The van der Waals surface area contributed by atoms with Crippen LogP contribution in [0.25, 0.3) is 0 Å². The minimum absolute atomic E-state index is 0.00941. The lowest BCUT2D eigenvalue weighted by molar-refractivity contribution is -0.387. The first-order valence-corrected chi connectivity index (χ1v) is 5.69. The molecular weight excluding hydrogens is 284 g/mol. The molecule has 0 radical (unpaired) electrons. The molecule has 0 aromatic heterocycles. The predicted octanol–water partition coefficient (Wildman–Crippen LogP) is 2.71. The molecule has 1 amide bonds. The average molecular weight is 293 g/mol. The van der Waals surface area contributed by atoms with Crippen LogP contribution in [0.15, 0.2) is 36.4 Å². The van der Waals surface area contributed by atoms with E-state index in [0.29, 0.717) is 0 Å². The van der Waals surface area contributed by atoms with Crippen LogP contribution >= 0.6 is 0 Å². The van der Waals surface area contributed by atoms with Crippen molar-refractivity contribution in [2.24, 2.45) is 0 Å². The number of anilines is 2. The fourth-order valence-electron chi connectivity index (χ4n) is 1.67. The molecule has 6 nitrogen and oxygen atoms in total. The number of nitro benzene ring substituents is 1. The minimum Gasteiger partial charge on any atom is -0.398 e. The molecule has 0 bridgehead atoms. The maximum Gasteiger partial charge on any atom is 0.304 e. The molecule has 0 atom stereocenters. The first kappa shape index (κ1) is 14.4. The van der Waals surface area contributed by atoms with Gasteiger partial charge in [-0.25, -0.2) is 4.39 Å². The number of amides is 1. The molecule has 3 N–H and O–H groups in total. The van der Waals surface area contributed by atoms with Gasteiger partial charge in [0.1, 0.15) is 5.82 Å². The fraction of sp³-hybridized carbons (Fsp3) is 0. The lowest BCUT2D eigenvalue weighted by Crippen LogP contribution is -2.14. The summed E-state index contributed by atoms with van der Waals surface area (Å²) in [5, 5.41) is 12.8. The Balaban J connectivity index is 2.23.